The Labute approximate surface area is 79.7 Å². The molecule has 0 heterocycles. The second-order valence-electron chi connectivity index (χ2n) is 3.10. The molecule has 14 heavy (non-hydrogen) atoms. The number of aliphatic hydroxyl groups excluding tert-OH is 1. The Bertz CT molecular complexity index is 194. The molecular weight excluding hydrogens is 201 g/mol. The van der Waals surface area contributed by atoms with Gasteiger partial charge in [0.1, 0.15) is 0 Å². The van der Waals surface area contributed by atoms with Crippen LogP contribution in [0.4, 0.5) is 13.2 Å². The Morgan fingerprint density at radius 3 is 2.36 bits per heavy atom. The Balaban J connectivity index is 3.78. The first-order chi connectivity index (χ1) is 6.23. The lowest BCUT2D eigenvalue weighted by Gasteiger charge is -2.16. The van der Waals surface area contributed by atoms with E-state index < -0.39 is 24.7 Å². The number of rotatable bonds is 4. The predicted octanol–water partition coefficient (Wildman–Crippen LogP) is -0.413. The van der Waals surface area contributed by atoms with E-state index in [2.05, 4.69) is 0 Å². The van der Waals surface area contributed by atoms with Crippen LogP contribution in [0.2, 0.25) is 0 Å². The van der Waals surface area contributed by atoms with E-state index in [-0.39, 0.29) is 6.54 Å². The van der Waals surface area contributed by atoms with Gasteiger partial charge in [-0.1, -0.05) is 0 Å². The van der Waals surface area contributed by atoms with Gasteiger partial charge in [0.15, 0.2) is 6.10 Å². The molecule has 2 N–H and O–H groups in total. The Kier molecular flexibility index (Phi) is 4.86. The van der Waals surface area contributed by atoms with Crippen molar-refractivity contribution in [2.75, 3.05) is 27.2 Å². The number of hydrogen-bond donors (Lipinski definition) is 2. The summed E-state index contributed by atoms with van der Waals surface area (Å²) < 4.78 is 35.3. The van der Waals surface area contributed by atoms with E-state index in [9.17, 15) is 18.0 Å². The molecule has 0 aromatic heterocycles. The molecule has 7 heteroatoms. The molecule has 0 radical (unpaired) electrons. The summed E-state index contributed by atoms with van der Waals surface area (Å²) in [6.07, 6.45) is -7.20. The van der Waals surface area contributed by atoms with Gasteiger partial charge in [0.25, 0.3) is 0 Å². The molecule has 0 bridgehead atoms. The van der Waals surface area contributed by atoms with Crippen molar-refractivity contribution in [3.63, 3.8) is 0 Å². The van der Waals surface area contributed by atoms with Gasteiger partial charge in [0.2, 0.25) is 5.91 Å². The average Bonchev–Trinajstić information content (AvgIpc) is 1.96. The van der Waals surface area contributed by atoms with Crippen molar-refractivity contribution in [1.29, 1.82) is 0 Å². The predicted molar refractivity (Wildman–Crippen MR) is 43.6 cm³/mol. The number of nitrogens with zero attached hydrogens (tertiary/aromatic N) is 1. The molecule has 1 unspecified atom stereocenters. The normalized spacial score (nSPS) is 14.2. The lowest BCUT2D eigenvalue weighted by molar-refractivity contribution is -0.201. The molecule has 4 nitrogen and oxygen atoms in total. The van der Waals surface area contributed by atoms with Gasteiger partial charge in [-0.05, 0) is 14.1 Å². The fourth-order valence-electron chi connectivity index (χ4n) is 0.669. The third kappa shape index (κ3) is 5.76. The number of hydrogen-bond acceptors (Lipinski definition) is 3. The highest BCUT2D eigenvalue weighted by atomic mass is 19.4. The van der Waals surface area contributed by atoms with Gasteiger partial charge in [-0.2, -0.15) is 13.2 Å². The van der Waals surface area contributed by atoms with Crippen LogP contribution in [0, 0.1) is 0 Å². The first kappa shape index (κ1) is 13.2. The molecule has 0 aliphatic heterocycles. The Hall–Kier alpha value is -0.820. The molecule has 0 aliphatic carbocycles. The second-order valence-corrected chi connectivity index (χ2v) is 3.10. The largest absolute Gasteiger partial charge is 0.416 e. The zero-order chi connectivity index (χ0) is 11.4. The van der Waals surface area contributed by atoms with Crippen molar-refractivity contribution < 1.29 is 23.1 Å². The van der Waals surface area contributed by atoms with Crippen molar-refractivity contribution in [3.05, 3.63) is 0 Å². The average molecular weight is 214 g/mol. The summed E-state index contributed by atoms with van der Waals surface area (Å²) in [6.45, 7) is -0.819. The standard InChI is InChI=1S/C7H13F3N2O2/c1-12(2)4-6(14)11-3-5(13)7(8,9)10/h5,13H,3-4H2,1-2H3,(H,11,14). The fraction of sp³-hybridized carbons (Fsp3) is 0.857. The first-order valence-corrected chi connectivity index (χ1v) is 3.89. The summed E-state index contributed by atoms with van der Waals surface area (Å²) in [4.78, 5) is 12.4. The van der Waals surface area contributed by atoms with Crippen molar-refractivity contribution in [2.24, 2.45) is 0 Å². The van der Waals surface area contributed by atoms with Crippen molar-refractivity contribution in [1.82, 2.24) is 10.2 Å². The maximum absolute atomic E-state index is 11.8. The van der Waals surface area contributed by atoms with E-state index in [0.717, 1.165) is 0 Å². The van der Waals surface area contributed by atoms with Crippen LogP contribution in [0.5, 0.6) is 0 Å². The molecule has 0 aromatic rings. The van der Waals surface area contributed by atoms with Crippen LogP contribution < -0.4 is 5.32 Å². The zero-order valence-corrected chi connectivity index (χ0v) is 7.93. The van der Waals surface area contributed by atoms with Gasteiger partial charge in [-0.3, -0.25) is 4.79 Å². The summed E-state index contributed by atoms with van der Waals surface area (Å²) in [5.74, 6) is -0.557. The number of amides is 1. The highest BCUT2D eigenvalue weighted by Crippen LogP contribution is 2.18. The molecule has 0 saturated carbocycles. The highest BCUT2D eigenvalue weighted by Gasteiger charge is 2.38. The molecule has 0 saturated heterocycles. The van der Waals surface area contributed by atoms with Gasteiger partial charge in [-0.25, -0.2) is 0 Å². The number of carbonyl (C=O) groups excluding carboxylic acids is 1. The summed E-state index contributed by atoms with van der Waals surface area (Å²) >= 11 is 0. The van der Waals surface area contributed by atoms with Gasteiger partial charge >= 0.3 is 6.18 Å². The van der Waals surface area contributed by atoms with E-state index in [4.69, 9.17) is 5.11 Å². The third-order valence-corrected chi connectivity index (χ3v) is 1.33. The van der Waals surface area contributed by atoms with Crippen LogP contribution in [0.3, 0.4) is 0 Å². The summed E-state index contributed by atoms with van der Waals surface area (Å²) in [5.41, 5.74) is 0. The van der Waals surface area contributed by atoms with Gasteiger partial charge in [0, 0.05) is 0 Å². The van der Waals surface area contributed by atoms with Crippen LogP contribution in [-0.2, 0) is 4.79 Å². The number of aliphatic hydroxyl groups is 1. The van der Waals surface area contributed by atoms with Gasteiger partial charge in [0.05, 0.1) is 13.1 Å². The number of nitrogens with one attached hydrogen (secondary N) is 1. The number of alkyl halides is 3. The minimum absolute atomic E-state index is 0.00935. The lowest BCUT2D eigenvalue weighted by atomic mass is 10.3. The molecule has 0 spiro atoms. The summed E-state index contributed by atoms with van der Waals surface area (Å²) in [6, 6.07) is 0. The van der Waals surface area contributed by atoms with Crippen molar-refractivity contribution in [2.45, 2.75) is 12.3 Å². The maximum atomic E-state index is 11.8. The molecular formula is C7H13F3N2O2. The Morgan fingerprint density at radius 2 is 2.00 bits per heavy atom. The van der Waals surface area contributed by atoms with E-state index in [1.54, 1.807) is 14.1 Å². The smallest absolute Gasteiger partial charge is 0.382 e. The second kappa shape index (κ2) is 5.16. The summed E-state index contributed by atoms with van der Waals surface area (Å²) in [7, 11) is 3.22. The van der Waals surface area contributed by atoms with E-state index in [0.29, 0.717) is 0 Å². The molecule has 0 rings (SSSR count). The van der Waals surface area contributed by atoms with E-state index in [1.165, 1.54) is 4.90 Å². The van der Waals surface area contributed by atoms with Crippen molar-refractivity contribution in [3.8, 4) is 0 Å². The third-order valence-electron chi connectivity index (χ3n) is 1.33. The molecule has 0 aromatic carbocycles. The van der Waals surface area contributed by atoms with Crippen LogP contribution in [0.15, 0.2) is 0 Å². The molecule has 1 amide bonds. The quantitative estimate of drug-likeness (QED) is 0.668. The molecule has 84 valence electrons. The monoisotopic (exact) mass is 214 g/mol. The zero-order valence-electron chi connectivity index (χ0n) is 7.93. The highest BCUT2D eigenvalue weighted by molar-refractivity contribution is 5.77. The molecule has 1 atom stereocenters. The van der Waals surface area contributed by atoms with Crippen LogP contribution >= 0.6 is 0 Å². The molecule has 0 fully saturated rings. The summed E-state index contributed by atoms with van der Waals surface area (Å²) in [5, 5.41) is 10.5. The van der Waals surface area contributed by atoms with Gasteiger partial charge < -0.3 is 15.3 Å². The minimum atomic E-state index is -4.69. The number of carbonyl (C=O) groups is 1. The lowest BCUT2D eigenvalue weighted by Crippen LogP contribution is -2.43. The van der Waals surface area contributed by atoms with E-state index >= 15 is 0 Å². The van der Waals surface area contributed by atoms with Crippen LogP contribution in [-0.4, -0.2) is 55.4 Å². The fourth-order valence-corrected chi connectivity index (χ4v) is 0.669. The van der Waals surface area contributed by atoms with E-state index in [1.807, 2.05) is 5.32 Å². The first-order valence-electron chi connectivity index (χ1n) is 3.89. The minimum Gasteiger partial charge on any atom is -0.382 e. The SMILES string of the molecule is CN(C)CC(=O)NCC(O)C(F)(F)F. The topological polar surface area (TPSA) is 52.6 Å². The Morgan fingerprint density at radius 1 is 1.50 bits per heavy atom. The number of likely N-dealkylation sites (N-methyl/N-ethyl adjacent to an activating group) is 1. The van der Waals surface area contributed by atoms with Crippen molar-refractivity contribution >= 4 is 5.91 Å². The number of halogens is 3. The van der Waals surface area contributed by atoms with Gasteiger partial charge in [-0.15, -0.1) is 0 Å². The van der Waals surface area contributed by atoms with Crippen LogP contribution in [0.1, 0.15) is 0 Å². The van der Waals surface area contributed by atoms with Crippen LogP contribution in [0.25, 0.3) is 0 Å². The maximum Gasteiger partial charge on any atom is 0.416 e. The molecule has 0 aliphatic rings.